The summed E-state index contributed by atoms with van der Waals surface area (Å²) in [6.45, 7) is 3.84. The van der Waals surface area contributed by atoms with Gasteiger partial charge in [0, 0.05) is 17.5 Å². The van der Waals surface area contributed by atoms with Crippen LogP contribution in [0.4, 0.5) is 20.8 Å². The number of aromatic amines is 1. The number of ether oxygens (including phenoxy) is 2. The second kappa shape index (κ2) is 8.76. The Kier molecular flexibility index (Phi) is 5.56. The molecule has 0 radical (unpaired) electrons. The number of alkyl carbamates (subject to hydrolysis) is 1. The minimum absolute atomic E-state index is 0.0198. The Bertz CT molecular complexity index is 1220. The maximum absolute atomic E-state index is 15.1. The number of hydrogen-bond acceptors (Lipinski definition) is 8. The maximum Gasteiger partial charge on any atom is 0.408 e. The lowest BCUT2D eigenvalue weighted by Gasteiger charge is -2.22. The number of nitrogens with one attached hydrogen (secondary N) is 4. The molecule has 1 aliphatic carbocycles. The highest BCUT2D eigenvalue weighted by atomic mass is 19.1. The van der Waals surface area contributed by atoms with Gasteiger partial charge in [-0.05, 0) is 51.8 Å². The van der Waals surface area contributed by atoms with Gasteiger partial charge in [-0.15, -0.1) is 0 Å². The van der Waals surface area contributed by atoms with Gasteiger partial charge >= 0.3 is 6.09 Å². The summed E-state index contributed by atoms with van der Waals surface area (Å²) in [5.41, 5.74) is 2.02. The van der Waals surface area contributed by atoms with E-state index in [2.05, 4.69) is 31.2 Å². The van der Waals surface area contributed by atoms with Gasteiger partial charge in [-0.25, -0.2) is 18.7 Å². The Hall–Kier alpha value is -3.25. The first-order valence-electron chi connectivity index (χ1n) is 12.1. The standard InChI is InChI=1S/C23H29FN8O3/c1-23(5-6-23)29-22(33)35-17-12-34-20(19(17)24)14-10-18(31-30-14)28-21-16-4-9-26-32(16)11-15(27-21)13-2-7-25-8-3-13/h4,9-11,13,17,19-20,25H,2-3,5-8,12H2,1H3,(H,29,33)(H2,27,28,30,31)/t17-,19-,20-/m1/s1. The molecular formula is C23H29FN8O3. The van der Waals surface area contributed by atoms with Gasteiger partial charge in [-0.3, -0.25) is 5.10 Å². The minimum atomic E-state index is -1.51. The molecule has 3 aliphatic rings. The molecule has 3 aromatic heterocycles. The number of carbonyl (C=O) groups excluding carboxylic acids is 1. The number of halogens is 1. The van der Waals surface area contributed by atoms with Crippen molar-refractivity contribution < 1.29 is 18.7 Å². The maximum atomic E-state index is 15.1. The van der Waals surface area contributed by atoms with E-state index >= 15 is 4.39 Å². The summed E-state index contributed by atoms with van der Waals surface area (Å²) >= 11 is 0. The molecule has 1 saturated carbocycles. The van der Waals surface area contributed by atoms with Crippen LogP contribution in [-0.2, 0) is 9.47 Å². The van der Waals surface area contributed by atoms with E-state index in [4.69, 9.17) is 14.5 Å². The average molecular weight is 485 g/mol. The first-order valence-corrected chi connectivity index (χ1v) is 12.1. The van der Waals surface area contributed by atoms with Crippen molar-refractivity contribution in [2.75, 3.05) is 25.0 Å². The molecule has 5 heterocycles. The van der Waals surface area contributed by atoms with Gasteiger partial charge in [0.2, 0.25) is 0 Å². The van der Waals surface area contributed by atoms with Crippen molar-refractivity contribution in [3.8, 4) is 0 Å². The van der Waals surface area contributed by atoms with Crippen LogP contribution >= 0.6 is 0 Å². The van der Waals surface area contributed by atoms with Gasteiger partial charge in [-0.2, -0.15) is 10.2 Å². The van der Waals surface area contributed by atoms with E-state index in [0.717, 1.165) is 50.0 Å². The number of alkyl halides is 1. The lowest BCUT2D eigenvalue weighted by molar-refractivity contribution is 0.0604. The number of carbonyl (C=O) groups is 1. The normalized spacial score (nSPS) is 26.1. The van der Waals surface area contributed by atoms with E-state index in [9.17, 15) is 4.79 Å². The number of hydrogen-bond donors (Lipinski definition) is 4. The number of amides is 1. The molecule has 4 N–H and O–H groups in total. The number of anilines is 2. The van der Waals surface area contributed by atoms with E-state index in [-0.39, 0.29) is 12.1 Å². The molecule has 11 nitrogen and oxygen atoms in total. The van der Waals surface area contributed by atoms with Crippen LogP contribution < -0.4 is 16.0 Å². The first-order chi connectivity index (χ1) is 17.0. The molecule has 0 aromatic carbocycles. The molecule has 12 heteroatoms. The van der Waals surface area contributed by atoms with Crippen LogP contribution in [0.15, 0.2) is 24.5 Å². The minimum Gasteiger partial charge on any atom is -0.441 e. The number of aromatic nitrogens is 5. The van der Waals surface area contributed by atoms with E-state index in [1.807, 2.05) is 23.7 Å². The third kappa shape index (κ3) is 4.55. The molecular weight excluding hydrogens is 455 g/mol. The Balaban J connectivity index is 1.15. The van der Waals surface area contributed by atoms with Crippen LogP contribution in [0.25, 0.3) is 5.52 Å². The molecule has 1 amide bonds. The smallest absolute Gasteiger partial charge is 0.408 e. The van der Waals surface area contributed by atoms with E-state index in [0.29, 0.717) is 23.2 Å². The van der Waals surface area contributed by atoms with Crippen LogP contribution in [0.1, 0.15) is 56.0 Å². The summed E-state index contributed by atoms with van der Waals surface area (Å²) in [6, 6.07) is 3.57. The lowest BCUT2D eigenvalue weighted by Crippen LogP contribution is -2.39. The Morgan fingerprint density at radius 2 is 2.17 bits per heavy atom. The van der Waals surface area contributed by atoms with Crippen molar-refractivity contribution in [1.82, 2.24) is 35.4 Å². The molecule has 0 bridgehead atoms. The van der Waals surface area contributed by atoms with Gasteiger partial charge in [0.05, 0.1) is 30.4 Å². The van der Waals surface area contributed by atoms with Crippen LogP contribution in [0.2, 0.25) is 0 Å². The summed E-state index contributed by atoms with van der Waals surface area (Å²) in [4.78, 5) is 16.9. The van der Waals surface area contributed by atoms with Gasteiger partial charge in [0.15, 0.2) is 23.9 Å². The average Bonchev–Trinajstić information content (AvgIpc) is 3.22. The van der Waals surface area contributed by atoms with Crippen molar-refractivity contribution in [1.29, 1.82) is 0 Å². The summed E-state index contributed by atoms with van der Waals surface area (Å²) in [5, 5.41) is 20.9. The van der Waals surface area contributed by atoms with Crippen molar-refractivity contribution >= 4 is 23.2 Å². The summed E-state index contributed by atoms with van der Waals surface area (Å²) in [7, 11) is 0. The Morgan fingerprint density at radius 1 is 1.34 bits per heavy atom. The van der Waals surface area contributed by atoms with Gasteiger partial charge < -0.3 is 25.4 Å². The van der Waals surface area contributed by atoms with Gasteiger partial charge in [0.25, 0.3) is 0 Å². The molecule has 3 atom stereocenters. The van der Waals surface area contributed by atoms with Crippen molar-refractivity contribution in [2.45, 2.75) is 62.4 Å². The molecule has 2 aliphatic heterocycles. The van der Waals surface area contributed by atoms with Crippen LogP contribution in [0.5, 0.6) is 0 Å². The molecule has 6 rings (SSSR count). The SMILES string of the molecule is CC1(NC(=O)O[C@@H]2CO[C@H](c3cc(Nc4nc(C5CCNCC5)cn5nccc45)n[nH]3)[C@@H]2F)CC1. The molecule has 186 valence electrons. The van der Waals surface area contributed by atoms with E-state index in [1.165, 1.54) is 0 Å². The number of nitrogens with zero attached hydrogens (tertiary/aromatic N) is 4. The highest BCUT2D eigenvalue weighted by Gasteiger charge is 2.44. The highest BCUT2D eigenvalue weighted by molar-refractivity contribution is 5.72. The zero-order valence-electron chi connectivity index (χ0n) is 19.5. The number of H-pyrrole nitrogens is 1. The predicted octanol–water partition coefficient (Wildman–Crippen LogP) is 2.72. The van der Waals surface area contributed by atoms with Crippen molar-refractivity contribution in [3.05, 3.63) is 35.9 Å². The van der Waals surface area contributed by atoms with E-state index < -0.39 is 24.5 Å². The molecule has 3 aromatic rings. The quantitative estimate of drug-likeness (QED) is 0.420. The van der Waals surface area contributed by atoms with Gasteiger partial charge in [-0.1, -0.05) is 0 Å². The zero-order valence-corrected chi connectivity index (χ0v) is 19.5. The van der Waals surface area contributed by atoms with Crippen LogP contribution in [-0.4, -0.2) is 68.4 Å². The largest absolute Gasteiger partial charge is 0.441 e. The summed E-state index contributed by atoms with van der Waals surface area (Å²) in [6.07, 6.45) is 3.53. The number of rotatable bonds is 6. The predicted molar refractivity (Wildman–Crippen MR) is 124 cm³/mol. The van der Waals surface area contributed by atoms with Gasteiger partial charge in [0.1, 0.15) is 11.6 Å². The van der Waals surface area contributed by atoms with Crippen LogP contribution in [0.3, 0.4) is 0 Å². The molecule has 35 heavy (non-hydrogen) atoms. The number of piperidine rings is 1. The molecule has 0 spiro atoms. The number of fused-ring (bicyclic) bond motifs is 1. The van der Waals surface area contributed by atoms with E-state index in [1.54, 1.807) is 12.3 Å². The third-order valence-corrected chi connectivity index (χ3v) is 7.06. The molecule has 3 fully saturated rings. The first kappa shape index (κ1) is 22.2. The van der Waals surface area contributed by atoms with Crippen LogP contribution in [0, 0.1) is 0 Å². The fourth-order valence-electron chi connectivity index (χ4n) is 4.68. The van der Waals surface area contributed by atoms with Crippen molar-refractivity contribution in [3.63, 3.8) is 0 Å². The third-order valence-electron chi connectivity index (χ3n) is 7.06. The monoisotopic (exact) mass is 484 g/mol. The molecule has 2 saturated heterocycles. The summed E-state index contributed by atoms with van der Waals surface area (Å²) in [5.74, 6) is 1.47. The Morgan fingerprint density at radius 3 is 2.97 bits per heavy atom. The Labute approximate surface area is 201 Å². The second-order valence-corrected chi connectivity index (χ2v) is 9.86. The topological polar surface area (TPSA) is 130 Å². The second-order valence-electron chi connectivity index (χ2n) is 9.86. The fraction of sp³-hybridized carbons (Fsp3) is 0.565. The molecule has 0 unspecified atom stereocenters. The fourth-order valence-corrected chi connectivity index (χ4v) is 4.68. The lowest BCUT2D eigenvalue weighted by atomic mass is 9.95. The highest BCUT2D eigenvalue weighted by Crippen LogP contribution is 2.36. The van der Waals surface area contributed by atoms with Crippen molar-refractivity contribution in [2.24, 2.45) is 0 Å². The summed E-state index contributed by atoms with van der Waals surface area (Å²) < 4.78 is 27.8. The zero-order chi connectivity index (χ0) is 24.0.